The Kier molecular flexibility index (Phi) is 4.96. The van der Waals surface area contributed by atoms with E-state index in [1.165, 1.54) is 0 Å². The van der Waals surface area contributed by atoms with Crippen molar-refractivity contribution in [3.8, 4) is 0 Å². The van der Waals surface area contributed by atoms with Crippen LogP contribution in [-0.4, -0.2) is 46.8 Å². The molecule has 3 atom stereocenters. The first kappa shape index (κ1) is 15.3. The summed E-state index contributed by atoms with van der Waals surface area (Å²) >= 11 is 0. The van der Waals surface area contributed by atoms with Gasteiger partial charge in [-0.1, -0.05) is 0 Å². The minimum atomic E-state index is -1.60. The van der Waals surface area contributed by atoms with Crippen LogP contribution < -0.4 is 0 Å². The van der Waals surface area contributed by atoms with Gasteiger partial charge in [-0.3, -0.25) is 0 Å². The molecule has 4 nitrogen and oxygen atoms in total. The lowest BCUT2D eigenvalue weighted by Crippen LogP contribution is -2.40. The zero-order valence-electron chi connectivity index (χ0n) is 11.8. The van der Waals surface area contributed by atoms with E-state index in [2.05, 4.69) is 39.3 Å². The average molecular weight is 278 g/mol. The molecular weight excluding hydrogens is 252 g/mol. The summed E-state index contributed by atoms with van der Waals surface area (Å²) in [6.45, 7) is 13.4. The Morgan fingerprint density at radius 1 is 1.12 bits per heavy atom. The zero-order valence-corrected chi connectivity index (χ0v) is 13.8. The highest BCUT2D eigenvalue weighted by Gasteiger charge is 2.38. The molecule has 0 spiro atoms. The highest BCUT2D eigenvalue weighted by Crippen LogP contribution is 2.25. The highest BCUT2D eigenvalue weighted by atomic mass is 28.4. The largest absolute Gasteiger partial charge is 0.415 e. The molecule has 1 heterocycles. The summed E-state index contributed by atoms with van der Waals surface area (Å²) in [7, 11) is -3.14. The van der Waals surface area contributed by atoms with Gasteiger partial charge in [0.2, 0.25) is 0 Å². The third kappa shape index (κ3) is 6.12. The zero-order chi connectivity index (χ0) is 13.3. The maximum absolute atomic E-state index is 9.57. The molecule has 1 aliphatic rings. The molecule has 1 saturated heterocycles. The van der Waals surface area contributed by atoms with Gasteiger partial charge in [0.25, 0.3) is 0 Å². The Morgan fingerprint density at radius 2 is 1.71 bits per heavy atom. The number of aliphatic hydroxyl groups is 1. The summed E-state index contributed by atoms with van der Waals surface area (Å²) in [5.74, 6) is 0. The topological polar surface area (TPSA) is 47.9 Å². The van der Waals surface area contributed by atoms with Crippen molar-refractivity contribution in [3.63, 3.8) is 0 Å². The van der Waals surface area contributed by atoms with Crippen LogP contribution in [0.15, 0.2) is 0 Å². The van der Waals surface area contributed by atoms with Gasteiger partial charge in [-0.25, -0.2) is 0 Å². The molecule has 102 valence electrons. The maximum atomic E-state index is 9.57. The van der Waals surface area contributed by atoms with Gasteiger partial charge in [0.05, 0.1) is 12.7 Å². The molecule has 0 aromatic rings. The highest BCUT2D eigenvalue weighted by molar-refractivity contribution is 6.70. The molecule has 0 saturated carbocycles. The van der Waals surface area contributed by atoms with E-state index < -0.39 is 22.9 Å². The molecule has 0 aromatic heterocycles. The molecule has 0 aliphatic carbocycles. The summed E-state index contributed by atoms with van der Waals surface area (Å²) in [6.07, 6.45) is -0.285. The first-order chi connectivity index (χ1) is 7.57. The van der Waals surface area contributed by atoms with Crippen LogP contribution >= 0.6 is 0 Å². The van der Waals surface area contributed by atoms with Gasteiger partial charge >= 0.3 is 0 Å². The second kappa shape index (κ2) is 5.50. The van der Waals surface area contributed by atoms with Crippen LogP contribution in [-0.2, 0) is 13.6 Å². The molecular formula is C11H26O4Si2. The fourth-order valence-corrected chi connectivity index (χ4v) is 3.57. The van der Waals surface area contributed by atoms with Gasteiger partial charge in [-0.15, -0.1) is 0 Å². The fraction of sp³-hybridized carbons (Fsp3) is 1.00. The summed E-state index contributed by atoms with van der Waals surface area (Å²) in [4.78, 5) is 0. The number of rotatable bonds is 5. The van der Waals surface area contributed by atoms with Crippen LogP contribution in [0.2, 0.25) is 39.3 Å². The van der Waals surface area contributed by atoms with Crippen molar-refractivity contribution >= 4 is 16.6 Å². The first-order valence-corrected chi connectivity index (χ1v) is 13.0. The number of hydrogen-bond donors (Lipinski definition) is 1. The lowest BCUT2D eigenvalue weighted by Gasteiger charge is -2.28. The molecule has 0 aromatic carbocycles. The van der Waals surface area contributed by atoms with Crippen molar-refractivity contribution in [1.82, 2.24) is 0 Å². The second-order valence-corrected chi connectivity index (χ2v) is 15.5. The van der Waals surface area contributed by atoms with Crippen LogP contribution in [0.1, 0.15) is 6.42 Å². The number of aliphatic hydroxyl groups excluding tert-OH is 1. The van der Waals surface area contributed by atoms with E-state index >= 15 is 0 Å². The van der Waals surface area contributed by atoms with Crippen LogP contribution in [0.4, 0.5) is 0 Å². The molecule has 0 bridgehead atoms. The molecule has 1 rings (SSSR count). The Labute approximate surface area is 107 Å². The van der Waals surface area contributed by atoms with Crippen molar-refractivity contribution in [2.75, 3.05) is 6.61 Å². The molecule has 0 amide bonds. The van der Waals surface area contributed by atoms with Gasteiger partial charge in [0, 0.05) is 6.42 Å². The van der Waals surface area contributed by atoms with E-state index in [-0.39, 0.29) is 12.2 Å². The third-order valence-corrected chi connectivity index (χ3v) is 4.41. The van der Waals surface area contributed by atoms with E-state index in [0.29, 0.717) is 13.0 Å². The van der Waals surface area contributed by atoms with E-state index in [0.717, 1.165) is 0 Å². The fourth-order valence-electron chi connectivity index (χ4n) is 1.75. The standard InChI is InChI=1S/C11H26O4Si2/c1-16(2,3)13-8-10-9(7-11(12)14-10)15-17(4,5)6/h9-12H,7-8H2,1-6H3. The number of hydrogen-bond acceptors (Lipinski definition) is 4. The summed E-state index contributed by atoms with van der Waals surface area (Å²) in [5.41, 5.74) is 0. The normalized spacial score (nSPS) is 30.9. The summed E-state index contributed by atoms with van der Waals surface area (Å²) < 4.78 is 17.3. The van der Waals surface area contributed by atoms with Crippen LogP contribution in [0.25, 0.3) is 0 Å². The van der Waals surface area contributed by atoms with Gasteiger partial charge in [-0.05, 0) is 39.3 Å². The maximum Gasteiger partial charge on any atom is 0.184 e. The van der Waals surface area contributed by atoms with Crippen LogP contribution in [0.5, 0.6) is 0 Å². The molecule has 6 heteroatoms. The molecule has 17 heavy (non-hydrogen) atoms. The Hall–Kier alpha value is 0.274. The Balaban J connectivity index is 2.51. The Morgan fingerprint density at radius 3 is 2.18 bits per heavy atom. The molecule has 1 fully saturated rings. The van der Waals surface area contributed by atoms with Crippen molar-refractivity contribution in [2.45, 2.75) is 64.2 Å². The van der Waals surface area contributed by atoms with Crippen LogP contribution in [0.3, 0.4) is 0 Å². The lowest BCUT2D eigenvalue weighted by molar-refractivity contribution is -0.104. The lowest BCUT2D eigenvalue weighted by atomic mass is 10.2. The van der Waals surface area contributed by atoms with E-state index in [1.807, 2.05) is 0 Å². The molecule has 0 radical (unpaired) electrons. The third-order valence-electron chi connectivity index (χ3n) is 2.37. The SMILES string of the molecule is C[Si](C)(C)OCC1OC(O)CC1O[Si](C)(C)C. The van der Waals surface area contributed by atoms with E-state index in [4.69, 9.17) is 13.6 Å². The number of ether oxygens (including phenoxy) is 1. The quantitative estimate of drug-likeness (QED) is 0.783. The predicted octanol–water partition coefficient (Wildman–Crippen LogP) is 2.17. The predicted molar refractivity (Wildman–Crippen MR) is 73.0 cm³/mol. The molecule has 3 unspecified atom stereocenters. The van der Waals surface area contributed by atoms with Gasteiger partial charge < -0.3 is 18.7 Å². The second-order valence-electron chi connectivity index (χ2n) is 6.56. The van der Waals surface area contributed by atoms with Gasteiger partial charge in [0.15, 0.2) is 22.9 Å². The molecule has 1 N–H and O–H groups in total. The van der Waals surface area contributed by atoms with E-state index in [1.54, 1.807) is 0 Å². The minimum absolute atomic E-state index is 0.0204. The average Bonchev–Trinajstić information content (AvgIpc) is 2.38. The van der Waals surface area contributed by atoms with Crippen molar-refractivity contribution < 1.29 is 18.7 Å². The first-order valence-electron chi connectivity index (χ1n) is 6.22. The minimum Gasteiger partial charge on any atom is -0.415 e. The summed E-state index contributed by atoms with van der Waals surface area (Å²) in [5, 5.41) is 9.57. The Bertz CT molecular complexity index is 247. The van der Waals surface area contributed by atoms with Gasteiger partial charge in [0.1, 0.15) is 6.10 Å². The molecule has 1 aliphatic heterocycles. The monoisotopic (exact) mass is 278 g/mol. The smallest absolute Gasteiger partial charge is 0.184 e. The van der Waals surface area contributed by atoms with Gasteiger partial charge in [-0.2, -0.15) is 0 Å². The van der Waals surface area contributed by atoms with E-state index in [9.17, 15) is 5.11 Å². The van der Waals surface area contributed by atoms with Crippen molar-refractivity contribution in [2.24, 2.45) is 0 Å². The van der Waals surface area contributed by atoms with Crippen LogP contribution in [0, 0.1) is 0 Å². The summed E-state index contributed by atoms with van der Waals surface area (Å²) in [6, 6.07) is 0. The van der Waals surface area contributed by atoms with Crippen molar-refractivity contribution in [3.05, 3.63) is 0 Å². The van der Waals surface area contributed by atoms with Crippen molar-refractivity contribution in [1.29, 1.82) is 0 Å².